The van der Waals surface area contributed by atoms with Crippen molar-refractivity contribution in [3.05, 3.63) is 22.4 Å². The van der Waals surface area contributed by atoms with E-state index in [2.05, 4.69) is 17.5 Å². The van der Waals surface area contributed by atoms with E-state index in [4.69, 9.17) is 5.73 Å². The summed E-state index contributed by atoms with van der Waals surface area (Å²) in [5.41, 5.74) is 5.97. The molecular weight excluding hydrogens is 204 g/mol. The number of thiophene rings is 1. The molecule has 0 bridgehead atoms. The standard InChI is InChI=1S/C8H10N2OS2/c9-7(12)1-3-10-8(11)6-2-4-13-5-6/h2,4-5H,1,3H2,(H2,9,12)(H,10,11). The van der Waals surface area contributed by atoms with E-state index < -0.39 is 0 Å². The number of amides is 1. The van der Waals surface area contributed by atoms with Crippen LogP contribution in [0.15, 0.2) is 16.8 Å². The average molecular weight is 214 g/mol. The molecule has 0 atom stereocenters. The van der Waals surface area contributed by atoms with Crippen LogP contribution < -0.4 is 11.1 Å². The summed E-state index contributed by atoms with van der Waals surface area (Å²) in [6, 6.07) is 1.78. The fraction of sp³-hybridized carbons (Fsp3) is 0.250. The molecule has 1 rings (SSSR count). The SMILES string of the molecule is NC(=S)CCNC(=O)c1ccsc1. The number of thiocarbonyl (C=S) groups is 1. The van der Waals surface area contributed by atoms with Gasteiger partial charge in [-0.3, -0.25) is 4.79 Å². The second-order valence-electron chi connectivity index (χ2n) is 2.48. The van der Waals surface area contributed by atoms with Crippen LogP contribution in [0.2, 0.25) is 0 Å². The van der Waals surface area contributed by atoms with E-state index in [9.17, 15) is 4.79 Å². The van der Waals surface area contributed by atoms with Crippen molar-refractivity contribution in [2.75, 3.05) is 6.54 Å². The van der Waals surface area contributed by atoms with E-state index in [0.29, 0.717) is 23.5 Å². The molecule has 0 spiro atoms. The van der Waals surface area contributed by atoms with Crippen LogP contribution in [0.5, 0.6) is 0 Å². The summed E-state index contributed by atoms with van der Waals surface area (Å²) in [7, 11) is 0. The Morgan fingerprint density at radius 1 is 1.69 bits per heavy atom. The van der Waals surface area contributed by atoms with Crippen molar-refractivity contribution >= 4 is 34.5 Å². The summed E-state index contributed by atoms with van der Waals surface area (Å²) < 4.78 is 0. The monoisotopic (exact) mass is 214 g/mol. The van der Waals surface area contributed by atoms with Crippen molar-refractivity contribution in [3.8, 4) is 0 Å². The zero-order chi connectivity index (χ0) is 9.68. The predicted molar refractivity (Wildman–Crippen MR) is 58.1 cm³/mol. The van der Waals surface area contributed by atoms with E-state index in [-0.39, 0.29) is 5.91 Å². The Morgan fingerprint density at radius 2 is 2.46 bits per heavy atom. The summed E-state index contributed by atoms with van der Waals surface area (Å²) >= 11 is 6.17. The number of hydrogen-bond acceptors (Lipinski definition) is 3. The first-order valence-corrected chi connectivity index (χ1v) is 5.14. The summed E-state index contributed by atoms with van der Waals surface area (Å²) in [4.78, 5) is 11.7. The van der Waals surface area contributed by atoms with Crippen molar-refractivity contribution in [1.29, 1.82) is 0 Å². The van der Waals surface area contributed by atoms with Crippen LogP contribution in [-0.4, -0.2) is 17.4 Å². The number of nitrogens with one attached hydrogen (secondary N) is 1. The molecule has 0 unspecified atom stereocenters. The zero-order valence-electron chi connectivity index (χ0n) is 6.95. The van der Waals surface area contributed by atoms with Crippen LogP contribution in [0.4, 0.5) is 0 Å². The van der Waals surface area contributed by atoms with Crippen molar-refractivity contribution in [1.82, 2.24) is 5.32 Å². The quantitative estimate of drug-likeness (QED) is 0.739. The second-order valence-corrected chi connectivity index (χ2v) is 3.79. The maximum Gasteiger partial charge on any atom is 0.252 e. The average Bonchev–Trinajstić information content (AvgIpc) is 2.55. The van der Waals surface area contributed by atoms with Gasteiger partial charge in [-0.05, 0) is 11.4 Å². The second kappa shape index (κ2) is 4.94. The smallest absolute Gasteiger partial charge is 0.252 e. The third kappa shape index (κ3) is 3.52. The van der Waals surface area contributed by atoms with Gasteiger partial charge in [0, 0.05) is 23.9 Å². The van der Waals surface area contributed by atoms with E-state index in [1.165, 1.54) is 11.3 Å². The van der Waals surface area contributed by atoms with Gasteiger partial charge >= 0.3 is 0 Å². The van der Waals surface area contributed by atoms with Gasteiger partial charge in [0.2, 0.25) is 0 Å². The first-order valence-electron chi connectivity index (χ1n) is 3.79. The van der Waals surface area contributed by atoms with Crippen molar-refractivity contribution in [3.63, 3.8) is 0 Å². The molecule has 0 saturated carbocycles. The minimum Gasteiger partial charge on any atom is -0.393 e. The third-order valence-corrected chi connectivity index (χ3v) is 2.33. The Hall–Kier alpha value is -0.940. The lowest BCUT2D eigenvalue weighted by Gasteiger charge is -2.01. The normalized spacial score (nSPS) is 9.54. The molecule has 1 aromatic heterocycles. The van der Waals surface area contributed by atoms with E-state index >= 15 is 0 Å². The van der Waals surface area contributed by atoms with Gasteiger partial charge in [0.15, 0.2) is 0 Å². The minimum absolute atomic E-state index is 0.0718. The van der Waals surface area contributed by atoms with Crippen LogP contribution in [-0.2, 0) is 0 Å². The van der Waals surface area contributed by atoms with Gasteiger partial charge in [0.05, 0.1) is 4.99 Å². The summed E-state index contributed by atoms with van der Waals surface area (Å²) in [6.07, 6.45) is 0.547. The lowest BCUT2D eigenvalue weighted by molar-refractivity contribution is 0.0955. The van der Waals surface area contributed by atoms with Gasteiger partial charge in [-0.1, -0.05) is 12.2 Å². The highest BCUT2D eigenvalue weighted by molar-refractivity contribution is 7.80. The molecule has 5 heteroatoms. The van der Waals surface area contributed by atoms with Gasteiger partial charge < -0.3 is 11.1 Å². The lowest BCUT2D eigenvalue weighted by atomic mass is 10.3. The van der Waals surface area contributed by atoms with E-state index in [1.54, 1.807) is 11.4 Å². The van der Waals surface area contributed by atoms with Gasteiger partial charge in [-0.25, -0.2) is 0 Å². The molecule has 1 aromatic rings. The fourth-order valence-corrected chi connectivity index (χ4v) is 1.53. The number of rotatable bonds is 4. The number of carbonyl (C=O) groups is 1. The molecule has 3 nitrogen and oxygen atoms in total. The molecule has 0 aliphatic carbocycles. The van der Waals surface area contributed by atoms with Crippen LogP contribution in [0.3, 0.4) is 0 Å². The molecule has 0 aliphatic heterocycles. The molecule has 0 radical (unpaired) electrons. The molecule has 1 heterocycles. The predicted octanol–water partition coefficient (Wildman–Crippen LogP) is 1.15. The van der Waals surface area contributed by atoms with Crippen LogP contribution in [0.25, 0.3) is 0 Å². The van der Waals surface area contributed by atoms with Crippen molar-refractivity contribution in [2.24, 2.45) is 5.73 Å². The first kappa shape index (κ1) is 10.1. The first-order chi connectivity index (χ1) is 6.20. The van der Waals surface area contributed by atoms with Gasteiger partial charge in [-0.2, -0.15) is 11.3 Å². The molecule has 0 fully saturated rings. The molecule has 0 saturated heterocycles. The molecule has 1 amide bonds. The van der Waals surface area contributed by atoms with Crippen molar-refractivity contribution < 1.29 is 4.79 Å². The van der Waals surface area contributed by atoms with Crippen LogP contribution in [0, 0.1) is 0 Å². The number of hydrogen-bond donors (Lipinski definition) is 2. The maximum atomic E-state index is 11.3. The summed E-state index contributed by atoms with van der Waals surface area (Å²) in [6.45, 7) is 0.504. The Balaban J connectivity index is 2.31. The molecule has 0 aliphatic rings. The fourth-order valence-electron chi connectivity index (χ4n) is 0.795. The highest BCUT2D eigenvalue weighted by Gasteiger charge is 2.03. The van der Waals surface area contributed by atoms with Gasteiger partial charge in [0.25, 0.3) is 5.91 Å². The molecular formula is C8H10N2OS2. The lowest BCUT2D eigenvalue weighted by Crippen LogP contribution is -2.26. The zero-order valence-corrected chi connectivity index (χ0v) is 8.58. The van der Waals surface area contributed by atoms with Crippen LogP contribution in [0.1, 0.15) is 16.8 Å². The molecule has 3 N–H and O–H groups in total. The largest absolute Gasteiger partial charge is 0.393 e. The number of nitrogens with two attached hydrogens (primary N) is 1. The van der Waals surface area contributed by atoms with E-state index in [1.807, 2.05) is 5.38 Å². The molecule has 70 valence electrons. The van der Waals surface area contributed by atoms with Gasteiger partial charge in [0.1, 0.15) is 0 Å². The van der Waals surface area contributed by atoms with E-state index in [0.717, 1.165) is 0 Å². The Bertz CT molecular complexity index is 295. The highest BCUT2D eigenvalue weighted by atomic mass is 32.1. The topological polar surface area (TPSA) is 55.1 Å². The Morgan fingerprint density at radius 3 is 3.00 bits per heavy atom. The highest BCUT2D eigenvalue weighted by Crippen LogP contribution is 2.04. The molecule has 0 aromatic carbocycles. The molecule has 13 heavy (non-hydrogen) atoms. The Labute approximate surface area is 85.9 Å². The van der Waals surface area contributed by atoms with Crippen LogP contribution >= 0.6 is 23.6 Å². The summed E-state index contributed by atoms with van der Waals surface area (Å²) in [5, 5.41) is 6.38. The van der Waals surface area contributed by atoms with Crippen molar-refractivity contribution in [2.45, 2.75) is 6.42 Å². The third-order valence-electron chi connectivity index (χ3n) is 1.44. The number of carbonyl (C=O) groups excluding carboxylic acids is 1. The van der Waals surface area contributed by atoms with Gasteiger partial charge in [-0.15, -0.1) is 0 Å². The minimum atomic E-state index is -0.0718. The Kier molecular flexibility index (Phi) is 3.85. The maximum absolute atomic E-state index is 11.3. The summed E-state index contributed by atoms with van der Waals surface area (Å²) in [5.74, 6) is -0.0718.